The van der Waals surface area contributed by atoms with Crippen molar-refractivity contribution >= 4 is 0 Å². The molecule has 1 unspecified atom stereocenters. The average Bonchev–Trinajstić information content (AvgIpc) is 2.93. The van der Waals surface area contributed by atoms with Crippen LogP contribution in [0.3, 0.4) is 0 Å². The van der Waals surface area contributed by atoms with Crippen LogP contribution in [0, 0.1) is 0 Å². The minimum absolute atomic E-state index is 0.634. The molecule has 3 rings (SSSR count). The van der Waals surface area contributed by atoms with Crippen LogP contribution >= 0.6 is 0 Å². The first-order valence-corrected chi connectivity index (χ1v) is 6.65. The first-order valence-electron chi connectivity index (χ1n) is 6.65. The van der Waals surface area contributed by atoms with Crippen LogP contribution in [0.25, 0.3) is 11.1 Å². The Morgan fingerprint density at radius 2 is 2.06 bits per heavy atom. The number of hydrogen-bond acceptors (Lipinski definition) is 2. The molecular weight excluding hydrogens is 220 g/mol. The number of benzene rings is 1. The topological polar surface area (TPSA) is 24.9 Å². The van der Waals surface area contributed by atoms with Crippen molar-refractivity contribution in [1.82, 2.24) is 10.3 Å². The normalized spacial score (nSPS) is 19.0. The van der Waals surface area contributed by atoms with E-state index in [1.165, 1.54) is 29.5 Å². The summed E-state index contributed by atoms with van der Waals surface area (Å²) in [4.78, 5) is 4.28. The van der Waals surface area contributed by atoms with E-state index in [1.807, 2.05) is 12.4 Å². The standard InChI is InChI=1S/C16H18N2/c1-2-5-13(6-3-1)16-12-17-10-8-14(16)11-15-7-4-9-18-15/h1-3,5-6,8,10,12,15,18H,4,7,9,11H2. The molecule has 92 valence electrons. The van der Waals surface area contributed by atoms with E-state index in [0.717, 1.165) is 13.0 Å². The molecule has 0 radical (unpaired) electrons. The van der Waals surface area contributed by atoms with Crippen molar-refractivity contribution in [1.29, 1.82) is 0 Å². The van der Waals surface area contributed by atoms with Crippen molar-refractivity contribution in [2.75, 3.05) is 6.54 Å². The summed E-state index contributed by atoms with van der Waals surface area (Å²) in [5.41, 5.74) is 3.93. The first-order chi connectivity index (χ1) is 8.93. The summed E-state index contributed by atoms with van der Waals surface area (Å²) < 4.78 is 0. The number of hydrogen-bond donors (Lipinski definition) is 1. The summed E-state index contributed by atoms with van der Waals surface area (Å²) in [5, 5.41) is 3.56. The number of aromatic nitrogens is 1. The second-order valence-corrected chi connectivity index (χ2v) is 4.90. The highest BCUT2D eigenvalue weighted by atomic mass is 14.9. The Balaban J connectivity index is 1.90. The highest BCUT2D eigenvalue weighted by Crippen LogP contribution is 2.24. The van der Waals surface area contributed by atoms with Crippen LogP contribution in [0.4, 0.5) is 0 Å². The molecule has 1 fully saturated rings. The smallest absolute Gasteiger partial charge is 0.0349 e. The van der Waals surface area contributed by atoms with Gasteiger partial charge in [-0.1, -0.05) is 30.3 Å². The fraction of sp³-hybridized carbons (Fsp3) is 0.312. The summed E-state index contributed by atoms with van der Waals surface area (Å²) in [6, 6.07) is 13.3. The van der Waals surface area contributed by atoms with Crippen LogP contribution in [0.1, 0.15) is 18.4 Å². The molecule has 1 aromatic carbocycles. The highest BCUT2D eigenvalue weighted by Gasteiger charge is 2.16. The number of rotatable bonds is 3. The maximum absolute atomic E-state index is 4.28. The molecule has 1 atom stereocenters. The van der Waals surface area contributed by atoms with Gasteiger partial charge in [0.05, 0.1) is 0 Å². The van der Waals surface area contributed by atoms with Gasteiger partial charge in [-0.05, 0) is 43.0 Å². The monoisotopic (exact) mass is 238 g/mol. The minimum Gasteiger partial charge on any atom is -0.314 e. The van der Waals surface area contributed by atoms with Gasteiger partial charge < -0.3 is 5.32 Å². The molecule has 1 saturated heterocycles. The Hall–Kier alpha value is -1.67. The fourth-order valence-corrected chi connectivity index (χ4v) is 2.68. The average molecular weight is 238 g/mol. The maximum atomic E-state index is 4.28. The zero-order valence-electron chi connectivity index (χ0n) is 10.5. The van der Waals surface area contributed by atoms with E-state index in [4.69, 9.17) is 0 Å². The van der Waals surface area contributed by atoms with Crippen LogP contribution < -0.4 is 5.32 Å². The molecule has 0 aliphatic carbocycles. The fourth-order valence-electron chi connectivity index (χ4n) is 2.68. The lowest BCUT2D eigenvalue weighted by Gasteiger charge is -2.13. The number of pyridine rings is 1. The van der Waals surface area contributed by atoms with Gasteiger partial charge in [-0.25, -0.2) is 0 Å². The van der Waals surface area contributed by atoms with Gasteiger partial charge in [0.25, 0.3) is 0 Å². The van der Waals surface area contributed by atoms with Crippen LogP contribution in [-0.4, -0.2) is 17.6 Å². The molecule has 2 heterocycles. The van der Waals surface area contributed by atoms with E-state index in [1.54, 1.807) is 0 Å². The van der Waals surface area contributed by atoms with Crippen LogP contribution in [0.2, 0.25) is 0 Å². The van der Waals surface area contributed by atoms with Crippen molar-refractivity contribution in [3.63, 3.8) is 0 Å². The van der Waals surface area contributed by atoms with Gasteiger partial charge in [-0.2, -0.15) is 0 Å². The van der Waals surface area contributed by atoms with E-state index >= 15 is 0 Å². The predicted octanol–water partition coefficient (Wildman–Crippen LogP) is 3.04. The van der Waals surface area contributed by atoms with Gasteiger partial charge in [-0.3, -0.25) is 4.98 Å². The Kier molecular flexibility index (Phi) is 3.37. The van der Waals surface area contributed by atoms with Gasteiger partial charge in [0, 0.05) is 24.0 Å². The molecule has 2 nitrogen and oxygen atoms in total. The minimum atomic E-state index is 0.634. The second-order valence-electron chi connectivity index (χ2n) is 4.90. The number of nitrogens with zero attached hydrogens (tertiary/aromatic N) is 1. The third-order valence-electron chi connectivity index (χ3n) is 3.62. The van der Waals surface area contributed by atoms with Crippen LogP contribution in [0.15, 0.2) is 48.8 Å². The lowest BCUT2D eigenvalue weighted by molar-refractivity contribution is 0.603. The molecule has 1 N–H and O–H groups in total. The summed E-state index contributed by atoms with van der Waals surface area (Å²) in [7, 11) is 0. The van der Waals surface area contributed by atoms with E-state index in [0.29, 0.717) is 6.04 Å². The summed E-state index contributed by atoms with van der Waals surface area (Å²) in [6.45, 7) is 1.16. The van der Waals surface area contributed by atoms with Crippen LogP contribution in [-0.2, 0) is 6.42 Å². The molecule has 2 heteroatoms. The summed E-state index contributed by atoms with van der Waals surface area (Å²) >= 11 is 0. The molecule has 0 amide bonds. The second kappa shape index (κ2) is 5.32. The Morgan fingerprint density at radius 1 is 1.17 bits per heavy atom. The van der Waals surface area contributed by atoms with Gasteiger partial charge in [0.15, 0.2) is 0 Å². The summed E-state index contributed by atoms with van der Waals surface area (Å²) in [6.07, 6.45) is 7.58. The third-order valence-corrected chi connectivity index (χ3v) is 3.62. The molecule has 0 bridgehead atoms. The summed E-state index contributed by atoms with van der Waals surface area (Å²) in [5.74, 6) is 0. The van der Waals surface area contributed by atoms with E-state index in [2.05, 4.69) is 46.7 Å². The Morgan fingerprint density at radius 3 is 2.83 bits per heavy atom. The maximum Gasteiger partial charge on any atom is 0.0349 e. The quantitative estimate of drug-likeness (QED) is 0.889. The third kappa shape index (κ3) is 2.44. The molecule has 0 spiro atoms. The van der Waals surface area contributed by atoms with Crippen molar-refractivity contribution in [2.45, 2.75) is 25.3 Å². The lowest BCUT2D eigenvalue weighted by atomic mass is 9.96. The van der Waals surface area contributed by atoms with Gasteiger partial charge in [0.2, 0.25) is 0 Å². The molecule has 2 aromatic rings. The zero-order chi connectivity index (χ0) is 12.2. The predicted molar refractivity (Wildman–Crippen MR) is 74.4 cm³/mol. The molecule has 0 saturated carbocycles. The Labute approximate surface area is 108 Å². The number of nitrogens with one attached hydrogen (secondary N) is 1. The van der Waals surface area contributed by atoms with E-state index in [9.17, 15) is 0 Å². The van der Waals surface area contributed by atoms with Crippen molar-refractivity contribution in [3.05, 3.63) is 54.4 Å². The zero-order valence-corrected chi connectivity index (χ0v) is 10.5. The lowest BCUT2D eigenvalue weighted by Crippen LogP contribution is -2.23. The SMILES string of the molecule is c1ccc(-c2cnccc2CC2CCCN2)cc1. The van der Waals surface area contributed by atoms with E-state index in [-0.39, 0.29) is 0 Å². The Bertz CT molecular complexity index is 502. The van der Waals surface area contributed by atoms with E-state index < -0.39 is 0 Å². The highest BCUT2D eigenvalue weighted by molar-refractivity contribution is 5.66. The molecular formula is C16H18N2. The largest absolute Gasteiger partial charge is 0.314 e. The van der Waals surface area contributed by atoms with Gasteiger partial charge in [0.1, 0.15) is 0 Å². The van der Waals surface area contributed by atoms with Crippen molar-refractivity contribution < 1.29 is 0 Å². The van der Waals surface area contributed by atoms with Crippen molar-refractivity contribution in [3.8, 4) is 11.1 Å². The van der Waals surface area contributed by atoms with Crippen LogP contribution in [0.5, 0.6) is 0 Å². The first kappa shape index (κ1) is 11.4. The van der Waals surface area contributed by atoms with Gasteiger partial charge in [-0.15, -0.1) is 0 Å². The van der Waals surface area contributed by atoms with Crippen molar-refractivity contribution in [2.24, 2.45) is 0 Å². The molecule has 1 aliphatic heterocycles. The molecule has 1 aromatic heterocycles. The van der Waals surface area contributed by atoms with Gasteiger partial charge >= 0.3 is 0 Å². The molecule has 1 aliphatic rings. The molecule has 18 heavy (non-hydrogen) atoms.